The van der Waals surface area contributed by atoms with E-state index in [1.165, 1.54) is 0 Å². The minimum absolute atomic E-state index is 0.0208. The van der Waals surface area contributed by atoms with Gasteiger partial charge in [0.05, 0.1) is 0 Å². The lowest BCUT2D eigenvalue weighted by atomic mass is 10.3. The molecule has 1 heterocycles. The van der Waals surface area contributed by atoms with Crippen LogP contribution in [0.1, 0.15) is 12.8 Å². The lowest BCUT2D eigenvalue weighted by Gasteiger charge is -2.13. The summed E-state index contributed by atoms with van der Waals surface area (Å²) in [6.45, 7) is 5.14. The molecular formula is C7H12N2O. The first-order valence-electron chi connectivity index (χ1n) is 3.51. The first-order valence-corrected chi connectivity index (χ1v) is 3.51. The van der Waals surface area contributed by atoms with Gasteiger partial charge in [0.1, 0.15) is 0 Å². The molecular weight excluding hydrogens is 128 g/mol. The highest BCUT2D eigenvalue weighted by molar-refractivity contribution is 5.75. The number of hydrogen-bond donors (Lipinski definition) is 1. The van der Waals surface area contributed by atoms with Crippen LogP contribution in [0.2, 0.25) is 0 Å². The second-order valence-corrected chi connectivity index (χ2v) is 2.32. The van der Waals surface area contributed by atoms with Gasteiger partial charge >= 0.3 is 6.03 Å². The maximum absolute atomic E-state index is 11.0. The molecule has 1 aliphatic heterocycles. The van der Waals surface area contributed by atoms with Gasteiger partial charge in [-0.15, -0.1) is 0 Å². The van der Waals surface area contributed by atoms with E-state index in [0.717, 1.165) is 25.9 Å². The smallest absolute Gasteiger partial charge is 0.321 e. The molecule has 0 aromatic rings. The molecule has 3 heteroatoms. The van der Waals surface area contributed by atoms with Gasteiger partial charge in [-0.2, -0.15) is 0 Å². The maximum atomic E-state index is 11.0. The summed E-state index contributed by atoms with van der Waals surface area (Å²) < 4.78 is 0. The molecule has 0 atom stereocenters. The van der Waals surface area contributed by atoms with Gasteiger partial charge in [-0.05, 0) is 12.8 Å². The van der Waals surface area contributed by atoms with E-state index in [1.807, 2.05) is 0 Å². The molecule has 0 aromatic carbocycles. The van der Waals surface area contributed by atoms with Crippen LogP contribution in [0.15, 0.2) is 12.8 Å². The van der Waals surface area contributed by atoms with E-state index in [4.69, 9.17) is 0 Å². The quantitative estimate of drug-likeness (QED) is 0.577. The number of carbonyl (C=O) groups excluding carboxylic acids is 1. The number of carbonyl (C=O) groups is 1. The van der Waals surface area contributed by atoms with Gasteiger partial charge in [0.15, 0.2) is 0 Å². The average molecular weight is 140 g/mol. The van der Waals surface area contributed by atoms with Gasteiger partial charge in [-0.3, -0.25) is 0 Å². The monoisotopic (exact) mass is 140 g/mol. The molecule has 1 fully saturated rings. The number of rotatable bonds is 1. The first-order chi connectivity index (χ1) is 4.84. The fourth-order valence-electron chi connectivity index (χ4n) is 0.980. The lowest BCUT2D eigenvalue weighted by Crippen LogP contribution is -2.34. The topological polar surface area (TPSA) is 32.3 Å². The van der Waals surface area contributed by atoms with Crippen LogP contribution in [0.5, 0.6) is 0 Å². The number of nitrogens with one attached hydrogen (secondary N) is 1. The third kappa shape index (κ3) is 1.50. The van der Waals surface area contributed by atoms with Crippen molar-refractivity contribution in [3.8, 4) is 0 Å². The Kier molecular flexibility index (Phi) is 2.31. The minimum atomic E-state index is -0.0208. The zero-order chi connectivity index (χ0) is 7.40. The molecule has 56 valence electrons. The lowest BCUT2D eigenvalue weighted by molar-refractivity contribution is 0.219. The third-order valence-electron chi connectivity index (χ3n) is 1.58. The van der Waals surface area contributed by atoms with E-state index in [-0.39, 0.29) is 6.03 Å². The highest BCUT2D eigenvalue weighted by atomic mass is 16.2. The molecule has 2 amide bonds. The van der Waals surface area contributed by atoms with Crippen LogP contribution in [-0.4, -0.2) is 24.0 Å². The van der Waals surface area contributed by atoms with Gasteiger partial charge in [0.2, 0.25) is 0 Å². The predicted octanol–water partition coefficient (Wildman–Crippen LogP) is 0.935. The normalized spacial score (nSPS) is 19.6. The SMILES string of the molecule is C=CN1CCCCNC1=O. The van der Waals surface area contributed by atoms with Crippen LogP contribution in [0.3, 0.4) is 0 Å². The van der Waals surface area contributed by atoms with Crippen LogP contribution >= 0.6 is 0 Å². The molecule has 1 rings (SSSR count). The average Bonchev–Trinajstić information content (AvgIpc) is 2.13. The van der Waals surface area contributed by atoms with Crippen molar-refractivity contribution in [1.82, 2.24) is 10.2 Å². The van der Waals surface area contributed by atoms with Crippen molar-refractivity contribution in [3.63, 3.8) is 0 Å². The third-order valence-corrected chi connectivity index (χ3v) is 1.58. The van der Waals surface area contributed by atoms with Crippen molar-refractivity contribution < 1.29 is 4.79 Å². The van der Waals surface area contributed by atoms with Crippen molar-refractivity contribution in [3.05, 3.63) is 12.8 Å². The molecule has 10 heavy (non-hydrogen) atoms. The summed E-state index contributed by atoms with van der Waals surface area (Å²) in [5, 5.41) is 2.76. The number of amides is 2. The summed E-state index contributed by atoms with van der Waals surface area (Å²) >= 11 is 0. The van der Waals surface area contributed by atoms with Gasteiger partial charge in [-0.25, -0.2) is 4.79 Å². The molecule has 0 radical (unpaired) electrons. The van der Waals surface area contributed by atoms with Crippen molar-refractivity contribution in [1.29, 1.82) is 0 Å². The summed E-state index contributed by atoms with van der Waals surface area (Å²) in [4.78, 5) is 12.6. The van der Waals surface area contributed by atoms with Crippen molar-refractivity contribution >= 4 is 6.03 Å². The second-order valence-electron chi connectivity index (χ2n) is 2.32. The molecule has 1 N–H and O–H groups in total. The maximum Gasteiger partial charge on any atom is 0.321 e. The molecule has 0 saturated carbocycles. The van der Waals surface area contributed by atoms with Gasteiger partial charge in [-0.1, -0.05) is 6.58 Å². The molecule has 0 aliphatic carbocycles. The standard InChI is InChI=1S/C7H12N2O/c1-2-9-6-4-3-5-8-7(9)10/h2H,1,3-6H2,(H,8,10). The Labute approximate surface area is 60.7 Å². The Hall–Kier alpha value is -0.990. The van der Waals surface area contributed by atoms with Crippen molar-refractivity contribution in [2.45, 2.75) is 12.8 Å². The number of nitrogens with zero attached hydrogens (tertiary/aromatic N) is 1. The van der Waals surface area contributed by atoms with Crippen molar-refractivity contribution in [2.24, 2.45) is 0 Å². The Balaban J connectivity index is 2.51. The zero-order valence-electron chi connectivity index (χ0n) is 5.97. The van der Waals surface area contributed by atoms with Crippen LogP contribution in [-0.2, 0) is 0 Å². The van der Waals surface area contributed by atoms with Crippen LogP contribution < -0.4 is 5.32 Å². The van der Waals surface area contributed by atoms with E-state index in [9.17, 15) is 4.79 Å². The van der Waals surface area contributed by atoms with Crippen LogP contribution in [0, 0.1) is 0 Å². The van der Waals surface area contributed by atoms with Gasteiger partial charge in [0.25, 0.3) is 0 Å². The summed E-state index contributed by atoms with van der Waals surface area (Å²) in [5.74, 6) is 0. The zero-order valence-corrected chi connectivity index (χ0v) is 5.97. The largest absolute Gasteiger partial charge is 0.338 e. The fourth-order valence-corrected chi connectivity index (χ4v) is 0.980. The molecule has 0 bridgehead atoms. The summed E-state index contributed by atoms with van der Waals surface area (Å²) in [6.07, 6.45) is 3.70. The molecule has 1 aliphatic rings. The van der Waals surface area contributed by atoms with Gasteiger partial charge < -0.3 is 10.2 Å². The molecule has 0 unspecified atom stereocenters. The van der Waals surface area contributed by atoms with E-state index >= 15 is 0 Å². The number of urea groups is 1. The van der Waals surface area contributed by atoms with Crippen LogP contribution in [0.25, 0.3) is 0 Å². The molecule has 1 saturated heterocycles. The van der Waals surface area contributed by atoms with E-state index in [1.54, 1.807) is 11.1 Å². The van der Waals surface area contributed by atoms with E-state index in [2.05, 4.69) is 11.9 Å². The Morgan fingerprint density at radius 1 is 1.60 bits per heavy atom. The molecule has 0 aromatic heterocycles. The Morgan fingerprint density at radius 2 is 2.40 bits per heavy atom. The minimum Gasteiger partial charge on any atom is -0.338 e. The Morgan fingerprint density at radius 3 is 3.10 bits per heavy atom. The van der Waals surface area contributed by atoms with Gasteiger partial charge in [0, 0.05) is 19.3 Å². The number of hydrogen-bond acceptors (Lipinski definition) is 1. The highest BCUT2D eigenvalue weighted by Crippen LogP contribution is 2.00. The highest BCUT2D eigenvalue weighted by Gasteiger charge is 2.11. The Bertz CT molecular complexity index is 145. The molecule has 0 spiro atoms. The second kappa shape index (κ2) is 3.25. The van der Waals surface area contributed by atoms with E-state index < -0.39 is 0 Å². The van der Waals surface area contributed by atoms with E-state index in [0.29, 0.717) is 0 Å². The summed E-state index contributed by atoms with van der Waals surface area (Å²) in [6, 6.07) is -0.0208. The fraction of sp³-hybridized carbons (Fsp3) is 0.571. The molecule has 3 nitrogen and oxygen atoms in total. The van der Waals surface area contributed by atoms with Crippen LogP contribution in [0.4, 0.5) is 4.79 Å². The summed E-state index contributed by atoms with van der Waals surface area (Å²) in [5.41, 5.74) is 0. The summed E-state index contributed by atoms with van der Waals surface area (Å²) in [7, 11) is 0. The van der Waals surface area contributed by atoms with Crippen molar-refractivity contribution in [2.75, 3.05) is 13.1 Å². The predicted molar refractivity (Wildman–Crippen MR) is 39.5 cm³/mol. The first kappa shape index (κ1) is 7.12.